The quantitative estimate of drug-likeness (QED) is 0.830. The highest BCUT2D eigenvalue weighted by molar-refractivity contribution is 6.30. The summed E-state index contributed by atoms with van der Waals surface area (Å²) in [6.07, 6.45) is 2.05. The topological polar surface area (TPSA) is 49.8 Å². The Morgan fingerprint density at radius 1 is 1.29 bits per heavy atom. The van der Waals surface area contributed by atoms with Gasteiger partial charge in [0.25, 0.3) is 0 Å². The van der Waals surface area contributed by atoms with Gasteiger partial charge in [-0.3, -0.25) is 4.79 Å². The third kappa shape index (κ3) is 4.01. The number of carbonyl (C=O) groups excluding carboxylic acids is 1. The van der Waals surface area contributed by atoms with Gasteiger partial charge in [-0.15, -0.1) is 0 Å². The highest BCUT2D eigenvalue weighted by Gasteiger charge is 2.35. The van der Waals surface area contributed by atoms with E-state index >= 15 is 0 Å². The van der Waals surface area contributed by atoms with Gasteiger partial charge >= 0.3 is 0 Å². The smallest absolute Gasteiger partial charge is 0.223 e. The van der Waals surface area contributed by atoms with Gasteiger partial charge in [0, 0.05) is 32.4 Å². The van der Waals surface area contributed by atoms with Crippen LogP contribution in [0.2, 0.25) is 5.02 Å². The average molecular weight is 404 g/mol. The number of halogens is 2. The molecule has 0 saturated carbocycles. The zero-order valence-electron chi connectivity index (χ0n) is 15.8. The van der Waals surface area contributed by atoms with Gasteiger partial charge in [0.1, 0.15) is 17.2 Å². The van der Waals surface area contributed by atoms with E-state index in [1.165, 1.54) is 6.07 Å². The maximum Gasteiger partial charge on any atom is 0.223 e. The summed E-state index contributed by atoms with van der Waals surface area (Å²) in [7, 11) is 0. The van der Waals surface area contributed by atoms with Crippen LogP contribution in [-0.4, -0.2) is 40.7 Å². The third-order valence-electron chi connectivity index (χ3n) is 5.45. The van der Waals surface area contributed by atoms with Gasteiger partial charge in [-0.2, -0.15) is 0 Å². The van der Waals surface area contributed by atoms with Crippen molar-refractivity contribution in [2.45, 2.75) is 44.3 Å². The lowest BCUT2D eigenvalue weighted by Crippen LogP contribution is -2.53. The molecule has 0 aliphatic carbocycles. The summed E-state index contributed by atoms with van der Waals surface area (Å²) in [5.41, 5.74) is 2.62. The summed E-state index contributed by atoms with van der Waals surface area (Å²) in [5.74, 6) is 0.509. The highest BCUT2D eigenvalue weighted by atomic mass is 35.5. The van der Waals surface area contributed by atoms with Gasteiger partial charge in [-0.1, -0.05) is 29.8 Å². The fourth-order valence-electron chi connectivity index (χ4n) is 3.98. The van der Waals surface area contributed by atoms with Crippen LogP contribution in [0.4, 0.5) is 4.39 Å². The molecule has 6 heteroatoms. The number of aliphatic hydroxyl groups excluding tert-OH is 1. The molecular formula is C22H23ClFNO3. The highest BCUT2D eigenvalue weighted by Crippen LogP contribution is 2.38. The number of aryl methyl sites for hydroxylation is 1. The maximum absolute atomic E-state index is 13.7. The molecule has 2 aromatic carbocycles. The molecule has 0 bridgehead atoms. The molecule has 0 spiro atoms. The van der Waals surface area contributed by atoms with Crippen molar-refractivity contribution in [2.24, 2.45) is 0 Å². The van der Waals surface area contributed by atoms with Gasteiger partial charge in [0.15, 0.2) is 0 Å². The van der Waals surface area contributed by atoms with E-state index in [1.807, 2.05) is 25.1 Å². The summed E-state index contributed by atoms with van der Waals surface area (Å²) in [6.45, 7) is 2.92. The zero-order valence-corrected chi connectivity index (χ0v) is 16.5. The zero-order chi connectivity index (χ0) is 19.9. The first-order chi connectivity index (χ1) is 13.3. The first-order valence-corrected chi connectivity index (χ1v) is 9.90. The molecule has 4 rings (SSSR count). The molecule has 1 N–H and O–H groups in total. The van der Waals surface area contributed by atoms with Crippen LogP contribution in [0, 0.1) is 5.82 Å². The van der Waals surface area contributed by atoms with Crippen molar-refractivity contribution in [3.8, 4) is 5.75 Å². The Labute approximate surface area is 168 Å². The molecule has 28 heavy (non-hydrogen) atoms. The Morgan fingerprint density at radius 2 is 2.04 bits per heavy atom. The fraction of sp³-hybridized carbons (Fsp3) is 0.409. The number of hydrogen-bond acceptors (Lipinski definition) is 3. The first kappa shape index (κ1) is 19.2. The van der Waals surface area contributed by atoms with E-state index in [4.69, 9.17) is 16.3 Å². The second-order valence-electron chi connectivity index (χ2n) is 8.05. The van der Waals surface area contributed by atoms with E-state index in [2.05, 4.69) is 6.07 Å². The van der Waals surface area contributed by atoms with E-state index in [-0.39, 0.29) is 17.0 Å². The number of rotatable bonds is 5. The van der Waals surface area contributed by atoms with Crippen LogP contribution in [0.15, 0.2) is 36.4 Å². The molecule has 1 amide bonds. The molecule has 2 aliphatic rings. The summed E-state index contributed by atoms with van der Waals surface area (Å²) in [5, 5.41) is 9.43. The van der Waals surface area contributed by atoms with Crippen LogP contribution in [-0.2, 0) is 24.1 Å². The molecule has 0 aromatic heterocycles. The van der Waals surface area contributed by atoms with Gasteiger partial charge in [-0.25, -0.2) is 4.39 Å². The number of likely N-dealkylation sites (tertiary alicyclic amines) is 1. The van der Waals surface area contributed by atoms with Crippen molar-refractivity contribution >= 4 is 17.5 Å². The predicted molar refractivity (Wildman–Crippen MR) is 105 cm³/mol. The minimum atomic E-state index is -0.440. The number of carbonyl (C=O) groups is 1. The fourth-order valence-corrected chi connectivity index (χ4v) is 4.10. The van der Waals surface area contributed by atoms with E-state index in [1.54, 1.807) is 11.0 Å². The third-order valence-corrected chi connectivity index (χ3v) is 5.76. The van der Waals surface area contributed by atoms with Gasteiger partial charge < -0.3 is 14.7 Å². The molecule has 1 unspecified atom stereocenters. The molecule has 2 aliphatic heterocycles. The number of benzene rings is 2. The molecule has 2 aromatic rings. The van der Waals surface area contributed by atoms with Crippen molar-refractivity contribution in [1.29, 1.82) is 0 Å². The standard InChI is InChI=1S/C22H23ClFNO3/c1-22(10-15-2-5-18(23)19(24)9-15)11-16-8-14(3-6-20(16)28-22)4-7-21(27)25-12-17(26)13-25/h2-3,5-6,8-9,17,26H,4,7,10-13H2,1H3. The Hall–Kier alpha value is -2.11. The van der Waals surface area contributed by atoms with Crippen LogP contribution < -0.4 is 4.74 Å². The monoisotopic (exact) mass is 403 g/mol. The van der Waals surface area contributed by atoms with Crippen molar-refractivity contribution in [3.05, 3.63) is 63.9 Å². The minimum Gasteiger partial charge on any atom is -0.487 e. The molecule has 148 valence electrons. The van der Waals surface area contributed by atoms with Crippen molar-refractivity contribution in [1.82, 2.24) is 4.90 Å². The molecule has 1 saturated heterocycles. The molecule has 4 nitrogen and oxygen atoms in total. The van der Waals surface area contributed by atoms with Crippen molar-refractivity contribution in [3.63, 3.8) is 0 Å². The predicted octanol–water partition coefficient (Wildman–Crippen LogP) is 3.55. The average Bonchev–Trinajstić information content (AvgIpc) is 2.95. The Kier molecular flexibility index (Phi) is 5.06. The van der Waals surface area contributed by atoms with Gasteiger partial charge in [0.05, 0.1) is 11.1 Å². The lowest BCUT2D eigenvalue weighted by Gasteiger charge is -2.35. The second kappa shape index (κ2) is 7.37. The van der Waals surface area contributed by atoms with Crippen LogP contribution in [0.3, 0.4) is 0 Å². The van der Waals surface area contributed by atoms with E-state index in [0.717, 1.165) is 28.9 Å². The van der Waals surface area contributed by atoms with Crippen LogP contribution in [0.25, 0.3) is 0 Å². The molecule has 0 radical (unpaired) electrons. The number of hydrogen-bond donors (Lipinski definition) is 1. The summed E-state index contributed by atoms with van der Waals surface area (Å²) >= 11 is 5.77. The van der Waals surface area contributed by atoms with E-state index in [0.29, 0.717) is 32.4 Å². The molecule has 2 heterocycles. The van der Waals surface area contributed by atoms with Crippen molar-refractivity contribution in [2.75, 3.05) is 13.1 Å². The van der Waals surface area contributed by atoms with E-state index < -0.39 is 11.4 Å². The van der Waals surface area contributed by atoms with Crippen LogP contribution >= 0.6 is 11.6 Å². The minimum absolute atomic E-state index is 0.0802. The number of nitrogens with zero attached hydrogens (tertiary/aromatic N) is 1. The van der Waals surface area contributed by atoms with Crippen LogP contribution in [0.1, 0.15) is 30.0 Å². The Morgan fingerprint density at radius 3 is 2.75 bits per heavy atom. The van der Waals surface area contributed by atoms with Crippen LogP contribution in [0.5, 0.6) is 5.75 Å². The summed E-state index contributed by atoms with van der Waals surface area (Å²) in [4.78, 5) is 13.8. The Balaban J connectivity index is 1.39. The van der Waals surface area contributed by atoms with E-state index in [9.17, 15) is 14.3 Å². The lowest BCUT2D eigenvalue weighted by molar-refractivity contribution is -0.141. The number of fused-ring (bicyclic) bond motifs is 1. The summed E-state index contributed by atoms with van der Waals surface area (Å²) in [6, 6.07) is 10.9. The first-order valence-electron chi connectivity index (χ1n) is 9.52. The van der Waals surface area contributed by atoms with Crippen molar-refractivity contribution < 1.29 is 19.0 Å². The number of β-amino-alcohol motifs (C(OH)–C–C–N with tert-alkyl or cyclic N) is 1. The lowest BCUT2D eigenvalue weighted by atomic mass is 9.91. The molecular weight excluding hydrogens is 381 g/mol. The van der Waals surface area contributed by atoms with Gasteiger partial charge in [-0.05, 0) is 48.2 Å². The van der Waals surface area contributed by atoms with Gasteiger partial charge in [0.2, 0.25) is 5.91 Å². The summed E-state index contributed by atoms with van der Waals surface area (Å²) < 4.78 is 19.9. The maximum atomic E-state index is 13.7. The second-order valence-corrected chi connectivity index (χ2v) is 8.46. The number of aliphatic hydroxyl groups is 1. The SMILES string of the molecule is CC1(Cc2ccc(Cl)c(F)c2)Cc2cc(CCC(=O)N3CC(O)C3)ccc2O1. The number of amides is 1. The largest absolute Gasteiger partial charge is 0.487 e. The Bertz CT molecular complexity index is 913. The molecule has 1 fully saturated rings. The normalized spacial score (nSPS) is 21.2. The molecule has 1 atom stereocenters. The number of ether oxygens (including phenoxy) is 1.